The summed E-state index contributed by atoms with van der Waals surface area (Å²) in [6, 6.07) is 1.88. The van der Waals surface area contributed by atoms with Crippen LogP contribution in [0.1, 0.15) is 0 Å². The van der Waals surface area contributed by atoms with Crippen LogP contribution in [-0.2, 0) is 0 Å². The number of nitriles is 1. The van der Waals surface area contributed by atoms with Gasteiger partial charge in [0.25, 0.3) is 0 Å². The van der Waals surface area contributed by atoms with E-state index < -0.39 is 0 Å². The van der Waals surface area contributed by atoms with Crippen LogP contribution in [0.25, 0.3) is 0 Å². The number of hydrogen-bond donors (Lipinski definition) is 0. The zero-order valence-electron chi connectivity index (χ0n) is 4.48. The van der Waals surface area contributed by atoms with Crippen LogP contribution in [0.3, 0.4) is 0 Å². The van der Waals surface area contributed by atoms with Gasteiger partial charge in [-0.15, -0.1) is 0 Å². The molecular weight excluding hydrogens is 134 g/mol. The third-order valence-electron chi connectivity index (χ3n) is 0.670. The van der Waals surface area contributed by atoms with Crippen LogP contribution in [0.5, 0.6) is 0 Å². The van der Waals surface area contributed by atoms with Crippen LogP contribution in [0.15, 0.2) is 21.0 Å². The molecule has 0 aromatic rings. The van der Waals surface area contributed by atoms with Gasteiger partial charge < -0.3 is 0 Å². The van der Waals surface area contributed by atoms with Gasteiger partial charge >= 0.3 is 0 Å². The minimum Gasteiger partial charge on any atom is -0.261 e. The van der Waals surface area contributed by atoms with Crippen molar-refractivity contribution in [3.8, 4) is 6.07 Å². The summed E-state index contributed by atoms with van der Waals surface area (Å²) in [5.41, 5.74) is 0.352. The Labute approximate surface area is 56.9 Å². The molecule has 1 aliphatic heterocycles. The van der Waals surface area contributed by atoms with Gasteiger partial charge in [0.1, 0.15) is 6.07 Å². The second-order valence-electron chi connectivity index (χ2n) is 1.26. The predicted octanol–water partition coefficient (Wildman–Crippen LogP) is 1.15. The first kappa shape index (κ1) is 6.05. The molecule has 0 radical (unpaired) electrons. The summed E-state index contributed by atoms with van der Waals surface area (Å²) >= 11 is 1.21. The highest BCUT2D eigenvalue weighted by Crippen LogP contribution is 2.05. The van der Waals surface area contributed by atoms with Gasteiger partial charge in [-0.1, -0.05) is 0 Å². The maximum Gasteiger partial charge on any atom is 0.167 e. The van der Waals surface area contributed by atoms with E-state index >= 15 is 0 Å². The number of rotatable bonds is 0. The molecular formula is C5H3N3S. The first-order valence-corrected chi connectivity index (χ1v) is 3.09. The molecule has 0 fully saturated rings. The Morgan fingerprint density at radius 3 is 3.33 bits per heavy atom. The average Bonchev–Trinajstić information content (AvgIpc) is 2.13. The fourth-order valence-corrected chi connectivity index (χ4v) is 0.723. The average molecular weight is 137 g/mol. The smallest absolute Gasteiger partial charge is 0.167 e. The maximum absolute atomic E-state index is 8.30. The summed E-state index contributed by atoms with van der Waals surface area (Å²) in [5.74, 6) is 0. The summed E-state index contributed by atoms with van der Waals surface area (Å²) in [7, 11) is 0. The fraction of sp³-hybridized carbons (Fsp3) is 0. The number of hydrogen-bond acceptors (Lipinski definition) is 4. The van der Waals surface area contributed by atoms with E-state index in [2.05, 4.69) is 9.39 Å². The molecule has 1 aliphatic rings. The van der Waals surface area contributed by atoms with Gasteiger partial charge in [-0.2, -0.15) is 9.66 Å². The van der Waals surface area contributed by atoms with Crippen LogP contribution in [0.4, 0.5) is 0 Å². The molecule has 0 N–H and O–H groups in total. The topological polar surface area (TPSA) is 48.5 Å². The normalized spacial score (nSPS) is 16.1. The molecule has 0 aromatic heterocycles. The minimum absolute atomic E-state index is 0.352. The van der Waals surface area contributed by atoms with Gasteiger partial charge in [0.15, 0.2) is 5.71 Å². The van der Waals surface area contributed by atoms with Gasteiger partial charge in [-0.05, 0) is 0 Å². The largest absolute Gasteiger partial charge is 0.261 e. The van der Waals surface area contributed by atoms with Crippen LogP contribution >= 0.6 is 11.9 Å². The Balaban J connectivity index is 2.78. The number of aliphatic imine (C=N–C) groups is 1. The molecule has 44 valence electrons. The van der Waals surface area contributed by atoms with E-state index in [1.165, 1.54) is 18.2 Å². The molecule has 0 atom stereocenters. The standard InChI is InChI=1S/C5H3N3S/c6-3-5-4-7-1-2-9-8-5/h1-2,4H. The van der Waals surface area contributed by atoms with Gasteiger partial charge in [0, 0.05) is 23.6 Å². The van der Waals surface area contributed by atoms with Crippen molar-refractivity contribution in [2.45, 2.75) is 0 Å². The fourth-order valence-electron chi connectivity index (χ4n) is 0.336. The third kappa shape index (κ3) is 1.70. The predicted molar refractivity (Wildman–Crippen MR) is 38.3 cm³/mol. The number of nitrogens with zero attached hydrogens (tertiary/aromatic N) is 3. The zero-order chi connectivity index (χ0) is 6.53. The van der Waals surface area contributed by atoms with Crippen molar-refractivity contribution in [2.75, 3.05) is 0 Å². The van der Waals surface area contributed by atoms with Crippen molar-refractivity contribution in [1.82, 2.24) is 0 Å². The Bertz CT molecular complexity index is 221. The summed E-state index contributed by atoms with van der Waals surface area (Å²) in [6.45, 7) is 0. The van der Waals surface area contributed by atoms with Crippen LogP contribution in [0, 0.1) is 11.3 Å². The molecule has 0 saturated carbocycles. The molecule has 4 heteroatoms. The van der Waals surface area contributed by atoms with E-state index in [1.54, 1.807) is 11.6 Å². The second-order valence-corrected chi connectivity index (χ2v) is 1.92. The van der Waals surface area contributed by atoms with E-state index in [9.17, 15) is 0 Å². The van der Waals surface area contributed by atoms with E-state index in [1.807, 2.05) is 6.07 Å². The van der Waals surface area contributed by atoms with Crippen molar-refractivity contribution < 1.29 is 0 Å². The van der Waals surface area contributed by atoms with Gasteiger partial charge in [0.05, 0.1) is 6.21 Å². The summed E-state index contributed by atoms with van der Waals surface area (Å²) in [4.78, 5) is 3.74. The van der Waals surface area contributed by atoms with Gasteiger partial charge in [0.2, 0.25) is 0 Å². The Kier molecular flexibility index (Phi) is 2.05. The summed E-state index contributed by atoms with van der Waals surface area (Å²) < 4.78 is 3.78. The van der Waals surface area contributed by atoms with E-state index in [0.717, 1.165) is 0 Å². The summed E-state index contributed by atoms with van der Waals surface area (Å²) in [5, 5.41) is 10.0. The Morgan fingerprint density at radius 2 is 2.56 bits per heavy atom. The molecule has 0 aromatic carbocycles. The molecule has 0 bridgehead atoms. The van der Waals surface area contributed by atoms with Gasteiger partial charge in [-0.25, -0.2) is 0 Å². The van der Waals surface area contributed by atoms with E-state index in [4.69, 9.17) is 5.26 Å². The lowest BCUT2D eigenvalue weighted by Gasteiger charge is -1.77. The lowest BCUT2D eigenvalue weighted by Crippen LogP contribution is -1.91. The molecule has 9 heavy (non-hydrogen) atoms. The SMILES string of the molecule is N#CC1=NSC=CN=C1. The van der Waals surface area contributed by atoms with Crippen LogP contribution < -0.4 is 0 Å². The molecule has 0 aliphatic carbocycles. The molecule has 0 spiro atoms. The van der Waals surface area contributed by atoms with E-state index in [0.29, 0.717) is 5.71 Å². The van der Waals surface area contributed by atoms with Crippen molar-refractivity contribution in [3.63, 3.8) is 0 Å². The molecule has 0 amide bonds. The van der Waals surface area contributed by atoms with Crippen molar-refractivity contribution in [3.05, 3.63) is 11.6 Å². The Morgan fingerprint density at radius 1 is 1.67 bits per heavy atom. The molecule has 1 rings (SSSR count). The maximum atomic E-state index is 8.30. The molecule has 0 saturated heterocycles. The van der Waals surface area contributed by atoms with Crippen molar-refractivity contribution >= 4 is 23.9 Å². The van der Waals surface area contributed by atoms with Crippen molar-refractivity contribution in [1.29, 1.82) is 5.26 Å². The Hall–Kier alpha value is -1.08. The monoisotopic (exact) mass is 137 g/mol. The second kappa shape index (κ2) is 3.05. The first-order valence-electron chi connectivity index (χ1n) is 2.25. The highest BCUT2D eigenvalue weighted by molar-refractivity contribution is 8.01. The van der Waals surface area contributed by atoms with Crippen LogP contribution in [0.2, 0.25) is 0 Å². The zero-order valence-corrected chi connectivity index (χ0v) is 5.30. The summed E-state index contributed by atoms with van der Waals surface area (Å²) in [6.07, 6.45) is 3.02. The highest BCUT2D eigenvalue weighted by Gasteiger charge is 1.91. The lowest BCUT2D eigenvalue weighted by atomic mass is 10.5. The van der Waals surface area contributed by atoms with Gasteiger partial charge in [-0.3, -0.25) is 4.99 Å². The first-order chi connectivity index (χ1) is 4.43. The highest BCUT2D eigenvalue weighted by atomic mass is 32.2. The van der Waals surface area contributed by atoms with Crippen LogP contribution in [-0.4, -0.2) is 11.9 Å². The van der Waals surface area contributed by atoms with E-state index in [-0.39, 0.29) is 0 Å². The third-order valence-corrected chi connectivity index (χ3v) is 1.22. The molecule has 3 nitrogen and oxygen atoms in total. The quantitative estimate of drug-likeness (QED) is 0.470. The lowest BCUT2D eigenvalue weighted by molar-refractivity contribution is 1.55. The minimum atomic E-state index is 0.352. The van der Waals surface area contributed by atoms with Crippen molar-refractivity contribution in [2.24, 2.45) is 9.39 Å². The molecule has 1 heterocycles. The molecule has 0 unspecified atom stereocenters.